The molecule has 0 radical (unpaired) electrons. The van der Waals surface area contributed by atoms with E-state index in [0.717, 1.165) is 26.2 Å². The number of halogens is 1. The first-order valence-corrected chi connectivity index (χ1v) is 9.97. The van der Waals surface area contributed by atoms with E-state index in [9.17, 15) is 9.18 Å². The number of carbonyl (C=O) groups excluding carboxylic acids is 1. The van der Waals surface area contributed by atoms with Gasteiger partial charge in [0.15, 0.2) is 0 Å². The molecular weight excluding hydrogens is 355 g/mol. The minimum Gasteiger partial charge on any atom is -0.337 e. The fourth-order valence-electron chi connectivity index (χ4n) is 4.15. The molecule has 28 heavy (non-hydrogen) atoms. The van der Waals surface area contributed by atoms with Gasteiger partial charge in [0.2, 0.25) is 5.91 Å². The van der Waals surface area contributed by atoms with Gasteiger partial charge in [-0.15, -0.1) is 0 Å². The van der Waals surface area contributed by atoms with Crippen LogP contribution in [-0.2, 0) is 11.3 Å². The fraction of sp³-hybridized carbons (Fsp3) is 0.409. The Hall–Kier alpha value is -2.28. The third-order valence-corrected chi connectivity index (χ3v) is 5.74. The molecule has 0 spiro atoms. The summed E-state index contributed by atoms with van der Waals surface area (Å²) in [5.41, 5.74) is 8.54. The maximum Gasteiger partial charge on any atom is 0.224 e. The van der Waals surface area contributed by atoms with E-state index >= 15 is 0 Å². The Morgan fingerprint density at radius 3 is 2.61 bits per heavy atom. The Morgan fingerprint density at radius 2 is 1.79 bits per heavy atom. The number of benzene rings is 2. The molecule has 2 aliphatic rings. The van der Waals surface area contributed by atoms with E-state index in [1.165, 1.54) is 11.6 Å². The first-order valence-electron chi connectivity index (χ1n) is 9.97. The molecule has 2 aliphatic heterocycles. The molecule has 2 saturated heterocycles. The van der Waals surface area contributed by atoms with Crippen LogP contribution < -0.4 is 10.9 Å². The van der Waals surface area contributed by atoms with E-state index in [1.807, 2.05) is 12.1 Å². The summed E-state index contributed by atoms with van der Waals surface area (Å²) in [6.07, 6.45) is 0.484. The van der Waals surface area contributed by atoms with E-state index in [4.69, 9.17) is 0 Å². The highest BCUT2D eigenvalue weighted by molar-refractivity contribution is 5.76. The average molecular weight is 382 g/mol. The topological polar surface area (TPSA) is 47.6 Å². The van der Waals surface area contributed by atoms with Crippen molar-refractivity contribution in [2.75, 3.05) is 32.7 Å². The lowest BCUT2D eigenvalue weighted by molar-refractivity contribution is -0.131. The smallest absolute Gasteiger partial charge is 0.224 e. The second kappa shape index (κ2) is 8.82. The largest absolute Gasteiger partial charge is 0.337 e. The molecule has 6 heteroatoms. The van der Waals surface area contributed by atoms with Crippen LogP contribution in [-0.4, -0.2) is 48.4 Å². The van der Waals surface area contributed by atoms with Crippen LogP contribution in [0.5, 0.6) is 0 Å². The van der Waals surface area contributed by atoms with Crippen LogP contribution in [0, 0.1) is 11.7 Å². The summed E-state index contributed by atoms with van der Waals surface area (Å²) in [7, 11) is 0. The van der Waals surface area contributed by atoms with Crippen molar-refractivity contribution in [3.8, 4) is 0 Å². The van der Waals surface area contributed by atoms with Crippen LogP contribution in [0.2, 0.25) is 0 Å². The summed E-state index contributed by atoms with van der Waals surface area (Å²) >= 11 is 0. The Balaban J connectivity index is 1.37. The van der Waals surface area contributed by atoms with Crippen molar-refractivity contribution < 1.29 is 9.18 Å². The lowest BCUT2D eigenvalue weighted by atomic mass is 9.94. The fourth-order valence-corrected chi connectivity index (χ4v) is 4.15. The highest BCUT2D eigenvalue weighted by atomic mass is 19.1. The zero-order chi connectivity index (χ0) is 19.3. The summed E-state index contributed by atoms with van der Waals surface area (Å²) in [6.45, 7) is 4.39. The molecule has 0 aromatic heterocycles. The van der Waals surface area contributed by atoms with Gasteiger partial charge < -0.3 is 9.80 Å². The van der Waals surface area contributed by atoms with Crippen molar-refractivity contribution in [1.82, 2.24) is 20.7 Å². The molecule has 0 aliphatic carbocycles. The highest BCUT2D eigenvalue weighted by Crippen LogP contribution is 2.26. The maximum atomic E-state index is 14.0. The Morgan fingerprint density at radius 1 is 1.00 bits per heavy atom. The van der Waals surface area contributed by atoms with Gasteiger partial charge in [-0.1, -0.05) is 48.5 Å². The first kappa shape index (κ1) is 19.1. The molecule has 5 nitrogen and oxygen atoms in total. The molecule has 2 aromatic rings. The summed E-state index contributed by atoms with van der Waals surface area (Å²) in [5, 5.41) is 0. The lowest BCUT2D eigenvalue weighted by Gasteiger charge is -2.27. The van der Waals surface area contributed by atoms with Crippen LogP contribution in [0.25, 0.3) is 0 Å². The second-order valence-electron chi connectivity index (χ2n) is 7.63. The lowest BCUT2D eigenvalue weighted by Crippen LogP contribution is -2.36. The van der Waals surface area contributed by atoms with Gasteiger partial charge in [-0.3, -0.25) is 10.2 Å². The SMILES string of the molecule is O=C1CCN(CC2CNNC2c2ccccc2)CCN1Cc1ccccc1F. The van der Waals surface area contributed by atoms with E-state index < -0.39 is 0 Å². The number of carbonyl (C=O) groups is 1. The number of nitrogens with one attached hydrogen (secondary N) is 2. The van der Waals surface area contributed by atoms with Gasteiger partial charge in [-0.2, -0.15) is 0 Å². The molecule has 2 unspecified atom stereocenters. The van der Waals surface area contributed by atoms with Crippen molar-refractivity contribution in [2.45, 2.75) is 19.0 Å². The molecule has 2 heterocycles. The van der Waals surface area contributed by atoms with Crippen molar-refractivity contribution in [3.63, 3.8) is 0 Å². The molecular formula is C22H27FN4O. The van der Waals surface area contributed by atoms with E-state index in [1.54, 1.807) is 17.0 Å². The van der Waals surface area contributed by atoms with Crippen molar-refractivity contribution in [2.24, 2.45) is 5.92 Å². The minimum atomic E-state index is -0.245. The number of nitrogens with zero attached hydrogens (tertiary/aromatic N) is 2. The van der Waals surface area contributed by atoms with Gasteiger partial charge >= 0.3 is 0 Å². The quantitative estimate of drug-likeness (QED) is 0.833. The predicted octanol–water partition coefficient (Wildman–Crippen LogP) is 2.33. The molecule has 1 amide bonds. The van der Waals surface area contributed by atoms with Crippen LogP contribution in [0.4, 0.5) is 4.39 Å². The molecule has 2 aromatic carbocycles. The summed E-state index contributed by atoms with van der Waals surface area (Å²) in [6, 6.07) is 17.4. The van der Waals surface area contributed by atoms with Crippen molar-refractivity contribution in [3.05, 3.63) is 71.5 Å². The third-order valence-electron chi connectivity index (χ3n) is 5.74. The number of amides is 1. The third kappa shape index (κ3) is 4.41. The maximum absolute atomic E-state index is 14.0. The summed E-state index contributed by atoms with van der Waals surface area (Å²) in [5.74, 6) is 0.300. The normalized spacial score (nSPS) is 23.8. The first-order chi connectivity index (χ1) is 13.7. The molecule has 0 bridgehead atoms. The predicted molar refractivity (Wildman–Crippen MR) is 107 cm³/mol. The Kier molecular flexibility index (Phi) is 6.00. The molecule has 0 saturated carbocycles. The highest BCUT2D eigenvalue weighted by Gasteiger charge is 2.31. The molecule has 2 fully saturated rings. The molecule has 2 atom stereocenters. The standard InChI is InChI=1S/C22H27FN4O/c23-20-9-5-4-8-18(20)16-27-13-12-26(11-10-21(27)28)15-19-14-24-25-22(19)17-6-2-1-3-7-17/h1-9,19,22,24-25H,10-16H2. The minimum absolute atomic E-state index is 0.105. The summed E-state index contributed by atoms with van der Waals surface area (Å²) in [4.78, 5) is 16.7. The number of hydrogen-bond donors (Lipinski definition) is 2. The van der Waals surface area contributed by atoms with E-state index in [2.05, 4.69) is 40.0 Å². The van der Waals surface area contributed by atoms with Gasteiger partial charge in [0.1, 0.15) is 5.82 Å². The van der Waals surface area contributed by atoms with Crippen molar-refractivity contribution >= 4 is 5.91 Å². The Labute approximate surface area is 165 Å². The average Bonchev–Trinajstić information content (AvgIpc) is 3.11. The summed E-state index contributed by atoms with van der Waals surface area (Å²) < 4.78 is 14.0. The van der Waals surface area contributed by atoms with Crippen LogP contribution in [0.3, 0.4) is 0 Å². The van der Waals surface area contributed by atoms with Gasteiger partial charge in [0, 0.05) is 57.2 Å². The molecule has 2 N–H and O–H groups in total. The van der Waals surface area contributed by atoms with Gasteiger partial charge in [-0.25, -0.2) is 9.82 Å². The van der Waals surface area contributed by atoms with Crippen molar-refractivity contribution in [1.29, 1.82) is 0 Å². The zero-order valence-electron chi connectivity index (χ0n) is 16.0. The number of rotatable bonds is 5. The van der Waals surface area contributed by atoms with Gasteiger partial charge in [0.25, 0.3) is 0 Å². The number of hydrogen-bond acceptors (Lipinski definition) is 4. The van der Waals surface area contributed by atoms with Gasteiger partial charge in [0.05, 0.1) is 6.04 Å². The monoisotopic (exact) mass is 382 g/mol. The van der Waals surface area contributed by atoms with Crippen LogP contribution in [0.15, 0.2) is 54.6 Å². The van der Waals surface area contributed by atoms with Crippen LogP contribution in [0.1, 0.15) is 23.6 Å². The molecule has 148 valence electrons. The molecule has 4 rings (SSSR count). The second-order valence-corrected chi connectivity index (χ2v) is 7.63. The Bertz CT molecular complexity index is 800. The van der Waals surface area contributed by atoms with E-state index in [-0.39, 0.29) is 17.8 Å². The zero-order valence-corrected chi connectivity index (χ0v) is 16.0. The van der Waals surface area contributed by atoms with Crippen LogP contribution >= 0.6 is 0 Å². The number of hydrazine groups is 1. The van der Waals surface area contributed by atoms with E-state index in [0.29, 0.717) is 31.0 Å². The van der Waals surface area contributed by atoms with Gasteiger partial charge in [-0.05, 0) is 11.6 Å².